The van der Waals surface area contributed by atoms with Crippen LogP contribution >= 0.6 is 23.1 Å². The number of carbonyl (C=O) groups is 1. The summed E-state index contributed by atoms with van der Waals surface area (Å²) in [6.07, 6.45) is 0.602. The Bertz CT molecular complexity index is 1430. The first kappa shape index (κ1) is 25.8. The smallest absolute Gasteiger partial charge is 0.272 e. The number of hydrogen-bond donors (Lipinski definition) is 0. The van der Waals surface area contributed by atoms with Crippen LogP contribution in [0.1, 0.15) is 18.1 Å². The summed E-state index contributed by atoms with van der Waals surface area (Å²) < 4.78 is 13.0. The Morgan fingerprint density at radius 3 is 2.64 bits per heavy atom. The number of thioether (sulfide) groups is 1. The normalized spacial score (nSPS) is 11.0. The first-order chi connectivity index (χ1) is 17.4. The van der Waals surface area contributed by atoms with E-state index in [4.69, 9.17) is 14.5 Å². The summed E-state index contributed by atoms with van der Waals surface area (Å²) in [5.74, 6) is 1.45. The highest BCUT2D eigenvalue weighted by atomic mass is 32.2. The number of rotatable bonds is 10. The maximum absolute atomic E-state index is 13.3. The second kappa shape index (κ2) is 11.6. The zero-order valence-electron chi connectivity index (χ0n) is 20.8. The van der Waals surface area contributed by atoms with Crippen LogP contribution in [0.15, 0.2) is 63.9 Å². The van der Waals surface area contributed by atoms with E-state index in [1.54, 1.807) is 23.7 Å². The Labute approximate surface area is 218 Å². The Morgan fingerprint density at radius 1 is 1.11 bits per heavy atom. The third-order valence-corrected chi connectivity index (χ3v) is 7.71. The molecule has 36 heavy (non-hydrogen) atoms. The SMILES string of the molecule is CCN(C(=O)CSc1nc2ccsc2c(=O)n1CCc1ccc(OC)c(OC)c1)c1cccc(C)c1. The number of thiophene rings is 1. The molecule has 9 heteroatoms. The van der Waals surface area contributed by atoms with Crippen molar-refractivity contribution < 1.29 is 14.3 Å². The Hall–Kier alpha value is -3.30. The average molecular weight is 524 g/mol. The van der Waals surface area contributed by atoms with Crippen molar-refractivity contribution in [3.8, 4) is 11.5 Å². The zero-order chi connectivity index (χ0) is 25.7. The van der Waals surface area contributed by atoms with E-state index in [1.165, 1.54) is 23.1 Å². The second-order valence-corrected chi connectivity index (χ2v) is 10.0. The van der Waals surface area contributed by atoms with Gasteiger partial charge in [0.05, 0.1) is 25.5 Å². The van der Waals surface area contributed by atoms with Crippen LogP contribution in [0.25, 0.3) is 10.2 Å². The van der Waals surface area contributed by atoms with Crippen molar-refractivity contribution in [1.29, 1.82) is 0 Å². The fraction of sp³-hybridized carbons (Fsp3) is 0.296. The van der Waals surface area contributed by atoms with E-state index in [0.29, 0.717) is 46.4 Å². The lowest BCUT2D eigenvalue weighted by atomic mass is 10.1. The van der Waals surface area contributed by atoms with Crippen molar-refractivity contribution in [2.75, 3.05) is 31.4 Å². The van der Waals surface area contributed by atoms with Gasteiger partial charge in [-0.15, -0.1) is 11.3 Å². The number of methoxy groups -OCH3 is 2. The highest BCUT2D eigenvalue weighted by Gasteiger charge is 2.18. The van der Waals surface area contributed by atoms with Crippen molar-refractivity contribution in [3.05, 3.63) is 75.4 Å². The van der Waals surface area contributed by atoms with Crippen LogP contribution in [0.5, 0.6) is 11.5 Å². The van der Waals surface area contributed by atoms with Gasteiger partial charge in [0.25, 0.3) is 5.56 Å². The van der Waals surface area contributed by atoms with Gasteiger partial charge in [-0.2, -0.15) is 0 Å². The number of aromatic nitrogens is 2. The number of hydrogen-bond acceptors (Lipinski definition) is 7. The molecule has 2 heterocycles. The molecule has 0 radical (unpaired) electrons. The number of anilines is 1. The fourth-order valence-corrected chi connectivity index (χ4v) is 5.69. The molecule has 1 amide bonds. The fourth-order valence-electron chi connectivity index (χ4n) is 4.01. The third kappa shape index (κ3) is 5.57. The predicted molar refractivity (Wildman–Crippen MR) is 147 cm³/mol. The molecule has 0 fully saturated rings. The molecule has 2 aromatic carbocycles. The summed E-state index contributed by atoms with van der Waals surface area (Å²) in [7, 11) is 3.20. The highest BCUT2D eigenvalue weighted by Crippen LogP contribution is 2.28. The largest absolute Gasteiger partial charge is 0.493 e. The third-order valence-electron chi connectivity index (χ3n) is 5.86. The Kier molecular flexibility index (Phi) is 8.32. The van der Waals surface area contributed by atoms with Gasteiger partial charge < -0.3 is 14.4 Å². The van der Waals surface area contributed by atoms with E-state index in [2.05, 4.69) is 0 Å². The molecular weight excluding hydrogens is 494 g/mol. The topological polar surface area (TPSA) is 73.7 Å². The summed E-state index contributed by atoms with van der Waals surface area (Å²) in [6.45, 7) is 4.96. The highest BCUT2D eigenvalue weighted by molar-refractivity contribution is 7.99. The molecule has 4 rings (SSSR count). The average Bonchev–Trinajstić information content (AvgIpc) is 3.36. The number of nitrogens with zero attached hydrogens (tertiary/aromatic N) is 3. The number of amides is 1. The van der Waals surface area contributed by atoms with Gasteiger partial charge in [0.15, 0.2) is 16.7 Å². The lowest BCUT2D eigenvalue weighted by Crippen LogP contribution is -2.32. The molecule has 0 N–H and O–H groups in total. The molecule has 0 saturated carbocycles. The van der Waals surface area contributed by atoms with Gasteiger partial charge in [-0.3, -0.25) is 14.2 Å². The first-order valence-electron chi connectivity index (χ1n) is 11.6. The number of carbonyl (C=O) groups excluding carboxylic acids is 1. The number of benzene rings is 2. The van der Waals surface area contributed by atoms with Gasteiger partial charge in [-0.25, -0.2) is 4.98 Å². The summed E-state index contributed by atoms with van der Waals surface area (Å²) in [6, 6.07) is 15.5. The second-order valence-electron chi connectivity index (χ2n) is 8.19. The van der Waals surface area contributed by atoms with Crippen molar-refractivity contribution in [1.82, 2.24) is 9.55 Å². The lowest BCUT2D eigenvalue weighted by molar-refractivity contribution is -0.116. The zero-order valence-corrected chi connectivity index (χ0v) is 22.4. The molecule has 0 aliphatic heterocycles. The summed E-state index contributed by atoms with van der Waals surface area (Å²) in [4.78, 5) is 33.0. The van der Waals surface area contributed by atoms with E-state index in [0.717, 1.165) is 16.8 Å². The van der Waals surface area contributed by atoms with E-state index < -0.39 is 0 Å². The minimum absolute atomic E-state index is 0.0285. The lowest BCUT2D eigenvalue weighted by Gasteiger charge is -2.21. The standard InChI is InChI=1S/C27H29N3O4S2/c1-5-29(20-8-6-7-18(2)15-20)24(31)17-36-27-28-21-12-14-35-25(21)26(32)30(27)13-11-19-9-10-22(33-3)23(16-19)34-4/h6-10,12,14-16H,5,11,13,17H2,1-4H3. The van der Waals surface area contributed by atoms with E-state index in [9.17, 15) is 9.59 Å². The Morgan fingerprint density at radius 2 is 1.92 bits per heavy atom. The monoisotopic (exact) mass is 523 g/mol. The van der Waals surface area contributed by atoms with Crippen LogP contribution in [-0.4, -0.2) is 42.0 Å². The van der Waals surface area contributed by atoms with Gasteiger partial charge in [0.2, 0.25) is 5.91 Å². The molecule has 0 spiro atoms. The van der Waals surface area contributed by atoms with E-state index in [-0.39, 0.29) is 17.2 Å². The molecule has 0 aliphatic rings. The van der Waals surface area contributed by atoms with Crippen LogP contribution < -0.4 is 19.9 Å². The van der Waals surface area contributed by atoms with E-state index >= 15 is 0 Å². The quantitative estimate of drug-likeness (QED) is 0.211. The van der Waals surface area contributed by atoms with Gasteiger partial charge in [0, 0.05) is 18.8 Å². The van der Waals surface area contributed by atoms with Crippen LogP contribution in [0, 0.1) is 6.92 Å². The van der Waals surface area contributed by atoms with Crippen molar-refractivity contribution in [3.63, 3.8) is 0 Å². The van der Waals surface area contributed by atoms with Crippen molar-refractivity contribution in [2.24, 2.45) is 0 Å². The predicted octanol–water partition coefficient (Wildman–Crippen LogP) is 5.17. The van der Waals surface area contributed by atoms with Crippen molar-refractivity contribution in [2.45, 2.75) is 32.0 Å². The minimum Gasteiger partial charge on any atom is -0.493 e. The van der Waals surface area contributed by atoms with Crippen LogP contribution in [0.4, 0.5) is 5.69 Å². The Balaban J connectivity index is 1.57. The number of ether oxygens (including phenoxy) is 2. The molecular formula is C27H29N3O4S2. The van der Waals surface area contributed by atoms with Crippen LogP contribution in [0.2, 0.25) is 0 Å². The molecule has 0 bridgehead atoms. The molecule has 4 aromatic rings. The molecule has 0 unspecified atom stereocenters. The molecule has 188 valence electrons. The molecule has 0 aliphatic carbocycles. The molecule has 0 atom stereocenters. The summed E-state index contributed by atoms with van der Waals surface area (Å²) in [5, 5.41) is 2.41. The summed E-state index contributed by atoms with van der Waals surface area (Å²) >= 11 is 2.68. The molecule has 2 aromatic heterocycles. The van der Waals surface area contributed by atoms with Gasteiger partial charge >= 0.3 is 0 Å². The summed E-state index contributed by atoms with van der Waals surface area (Å²) in [5.41, 5.74) is 3.55. The minimum atomic E-state index is -0.0866. The van der Waals surface area contributed by atoms with Gasteiger partial charge in [-0.1, -0.05) is 30.0 Å². The number of aryl methyl sites for hydroxylation is 2. The van der Waals surface area contributed by atoms with Crippen LogP contribution in [-0.2, 0) is 17.8 Å². The molecule has 7 nitrogen and oxygen atoms in total. The van der Waals surface area contributed by atoms with Crippen LogP contribution in [0.3, 0.4) is 0 Å². The van der Waals surface area contributed by atoms with Gasteiger partial charge in [-0.05, 0) is 67.1 Å². The number of fused-ring (bicyclic) bond motifs is 1. The maximum Gasteiger partial charge on any atom is 0.272 e. The first-order valence-corrected chi connectivity index (χ1v) is 13.5. The van der Waals surface area contributed by atoms with E-state index in [1.807, 2.05) is 67.8 Å². The van der Waals surface area contributed by atoms with Crippen molar-refractivity contribution >= 4 is 44.9 Å². The maximum atomic E-state index is 13.3. The van der Waals surface area contributed by atoms with Gasteiger partial charge in [0.1, 0.15) is 4.70 Å². The molecule has 0 saturated heterocycles.